The molecule has 0 N–H and O–H groups in total. The van der Waals surface area contributed by atoms with Crippen LogP contribution in [0.4, 0.5) is 34.1 Å². The molecule has 2 saturated heterocycles. The number of hydrogen-bond acceptors (Lipinski definition) is 7. The van der Waals surface area contributed by atoms with Gasteiger partial charge in [-0.05, 0) is 20.8 Å². The van der Waals surface area contributed by atoms with E-state index >= 15 is 8.78 Å². The van der Waals surface area contributed by atoms with Crippen LogP contribution in [0.1, 0.15) is 26.5 Å². The number of piperazine rings is 1. The van der Waals surface area contributed by atoms with Gasteiger partial charge in [0.1, 0.15) is 29.8 Å². The summed E-state index contributed by atoms with van der Waals surface area (Å²) in [5.41, 5.74) is -0.683. The van der Waals surface area contributed by atoms with Crippen LogP contribution in [-0.4, -0.2) is 76.5 Å². The summed E-state index contributed by atoms with van der Waals surface area (Å²) in [4.78, 5) is 28.7. The van der Waals surface area contributed by atoms with Crippen molar-refractivity contribution in [3.05, 3.63) is 35.7 Å². The lowest BCUT2D eigenvalue weighted by Crippen LogP contribution is -2.50. The quantitative estimate of drug-likeness (QED) is 0.628. The standard InChI is InChI=1S/C22H27F3N6O4/c1-22(2,3)35-20(32)29-6-4-28(5-7-29)19-17(24)8-15(9-18(19)25)31-13-16(34-21(31)33)12-30-11-14(10-23)26-27-30/h8-9,11,16H,4-7,10,12-13H2,1-3H3. The fourth-order valence-corrected chi connectivity index (χ4v) is 3.97. The first-order valence-corrected chi connectivity index (χ1v) is 11.2. The highest BCUT2D eigenvalue weighted by Crippen LogP contribution is 2.32. The van der Waals surface area contributed by atoms with E-state index in [0.29, 0.717) is 0 Å². The normalized spacial score (nSPS) is 18.7. The molecule has 2 fully saturated rings. The van der Waals surface area contributed by atoms with Crippen molar-refractivity contribution >= 4 is 23.6 Å². The number of halogens is 3. The van der Waals surface area contributed by atoms with Gasteiger partial charge in [-0.3, -0.25) is 4.90 Å². The Bertz CT molecular complexity index is 1070. The number of nitrogens with zero attached hydrogens (tertiary/aromatic N) is 6. The maximum atomic E-state index is 15.0. The van der Waals surface area contributed by atoms with E-state index in [4.69, 9.17) is 9.47 Å². The van der Waals surface area contributed by atoms with Crippen LogP contribution in [0, 0.1) is 11.6 Å². The Balaban J connectivity index is 1.41. The molecule has 1 atom stereocenters. The summed E-state index contributed by atoms with van der Waals surface area (Å²) < 4.78 is 54.6. The van der Waals surface area contributed by atoms with E-state index in [-0.39, 0.29) is 56.3 Å². The Morgan fingerprint density at radius 3 is 2.40 bits per heavy atom. The maximum absolute atomic E-state index is 15.0. The topological polar surface area (TPSA) is 93.0 Å². The monoisotopic (exact) mass is 496 g/mol. The molecule has 190 valence electrons. The van der Waals surface area contributed by atoms with Gasteiger partial charge in [-0.1, -0.05) is 5.21 Å². The number of rotatable bonds is 5. The van der Waals surface area contributed by atoms with Crippen molar-refractivity contribution in [3.8, 4) is 0 Å². The predicted molar refractivity (Wildman–Crippen MR) is 119 cm³/mol. The molecular formula is C22H27F3N6O4. The second kappa shape index (κ2) is 9.62. The number of carbonyl (C=O) groups excluding carboxylic acids is 2. The van der Waals surface area contributed by atoms with Crippen molar-refractivity contribution in [1.82, 2.24) is 19.9 Å². The predicted octanol–water partition coefficient (Wildman–Crippen LogP) is 3.11. The number of cyclic esters (lactones) is 1. The lowest BCUT2D eigenvalue weighted by molar-refractivity contribution is 0.0240. The molecule has 0 saturated carbocycles. The van der Waals surface area contributed by atoms with Crippen LogP contribution in [0.3, 0.4) is 0 Å². The van der Waals surface area contributed by atoms with Crippen LogP contribution < -0.4 is 9.80 Å². The molecule has 0 radical (unpaired) electrons. The van der Waals surface area contributed by atoms with Crippen LogP contribution in [0.5, 0.6) is 0 Å². The van der Waals surface area contributed by atoms with E-state index in [1.807, 2.05) is 0 Å². The molecule has 2 aliphatic heterocycles. The number of alkyl halides is 1. The molecule has 2 aliphatic rings. The van der Waals surface area contributed by atoms with E-state index < -0.39 is 42.2 Å². The van der Waals surface area contributed by atoms with Crippen LogP contribution in [0.15, 0.2) is 18.3 Å². The summed E-state index contributed by atoms with van der Waals surface area (Å²) in [6.45, 7) is 5.64. The number of anilines is 2. The minimum atomic E-state index is -0.828. The van der Waals surface area contributed by atoms with E-state index in [9.17, 15) is 14.0 Å². The lowest BCUT2D eigenvalue weighted by atomic mass is 10.2. The first kappa shape index (κ1) is 24.6. The zero-order valence-electron chi connectivity index (χ0n) is 19.7. The summed E-state index contributed by atoms with van der Waals surface area (Å²) in [5.74, 6) is -1.66. The highest BCUT2D eigenvalue weighted by atomic mass is 19.1. The smallest absolute Gasteiger partial charge is 0.414 e. The summed E-state index contributed by atoms with van der Waals surface area (Å²) in [7, 11) is 0. The minimum Gasteiger partial charge on any atom is -0.444 e. The molecule has 0 aliphatic carbocycles. The fraction of sp³-hybridized carbons (Fsp3) is 0.545. The van der Waals surface area contributed by atoms with Crippen molar-refractivity contribution in [2.24, 2.45) is 0 Å². The third-order valence-electron chi connectivity index (χ3n) is 5.55. The van der Waals surface area contributed by atoms with Crippen molar-refractivity contribution in [1.29, 1.82) is 0 Å². The van der Waals surface area contributed by atoms with E-state index in [2.05, 4.69) is 10.3 Å². The zero-order valence-corrected chi connectivity index (χ0v) is 19.7. The van der Waals surface area contributed by atoms with Gasteiger partial charge in [0.2, 0.25) is 0 Å². The Hall–Kier alpha value is -3.51. The van der Waals surface area contributed by atoms with Gasteiger partial charge in [-0.25, -0.2) is 27.4 Å². The third-order valence-corrected chi connectivity index (χ3v) is 5.55. The van der Waals surface area contributed by atoms with Gasteiger partial charge in [0.15, 0.2) is 11.6 Å². The Labute approximate surface area is 200 Å². The highest BCUT2D eigenvalue weighted by Gasteiger charge is 2.35. The lowest BCUT2D eigenvalue weighted by Gasteiger charge is -2.37. The molecule has 1 unspecified atom stereocenters. The summed E-state index contributed by atoms with van der Waals surface area (Å²) in [5, 5.41) is 7.39. The van der Waals surface area contributed by atoms with Crippen LogP contribution in [0.25, 0.3) is 0 Å². The molecule has 1 aromatic carbocycles. The molecule has 0 bridgehead atoms. The van der Waals surface area contributed by atoms with Crippen LogP contribution >= 0.6 is 0 Å². The summed E-state index contributed by atoms with van der Waals surface area (Å²) >= 11 is 0. The molecule has 1 aromatic heterocycles. The summed E-state index contributed by atoms with van der Waals surface area (Å²) in [6, 6.07) is 2.16. The molecule has 0 spiro atoms. The fourth-order valence-electron chi connectivity index (χ4n) is 3.97. The van der Waals surface area contributed by atoms with Gasteiger partial charge in [-0.15, -0.1) is 5.10 Å². The first-order valence-electron chi connectivity index (χ1n) is 11.2. The average Bonchev–Trinajstić information content (AvgIpc) is 3.38. The van der Waals surface area contributed by atoms with Gasteiger partial charge in [0.05, 0.1) is 25.0 Å². The SMILES string of the molecule is CC(C)(C)OC(=O)N1CCN(c2c(F)cc(N3CC(Cn4cc(CF)nn4)OC3=O)cc2F)CC1. The van der Waals surface area contributed by atoms with Gasteiger partial charge < -0.3 is 19.3 Å². The van der Waals surface area contributed by atoms with Gasteiger partial charge in [0.25, 0.3) is 0 Å². The number of hydrogen-bond donors (Lipinski definition) is 0. The summed E-state index contributed by atoms with van der Waals surface area (Å²) in [6.07, 6.45) is -0.475. The van der Waals surface area contributed by atoms with E-state index in [0.717, 1.165) is 17.0 Å². The van der Waals surface area contributed by atoms with Gasteiger partial charge >= 0.3 is 12.2 Å². The van der Waals surface area contributed by atoms with Crippen LogP contribution in [-0.2, 0) is 22.7 Å². The van der Waals surface area contributed by atoms with Gasteiger partial charge in [-0.2, -0.15) is 0 Å². The number of amides is 2. The molecule has 3 heterocycles. The third kappa shape index (κ3) is 5.60. The second-order valence-corrected chi connectivity index (χ2v) is 9.39. The molecule has 35 heavy (non-hydrogen) atoms. The van der Waals surface area contributed by atoms with Crippen molar-refractivity contribution in [2.45, 2.75) is 45.7 Å². The first-order chi connectivity index (χ1) is 16.5. The molecular weight excluding hydrogens is 469 g/mol. The average molecular weight is 496 g/mol. The highest BCUT2D eigenvalue weighted by molar-refractivity contribution is 5.90. The number of carbonyl (C=O) groups is 2. The Morgan fingerprint density at radius 1 is 1.17 bits per heavy atom. The molecule has 10 nitrogen and oxygen atoms in total. The van der Waals surface area contributed by atoms with E-state index in [1.165, 1.54) is 20.7 Å². The number of ether oxygens (including phenoxy) is 2. The van der Waals surface area contributed by atoms with Crippen LogP contribution in [0.2, 0.25) is 0 Å². The minimum absolute atomic E-state index is 0.0201. The Morgan fingerprint density at radius 2 is 1.83 bits per heavy atom. The van der Waals surface area contributed by atoms with Gasteiger partial charge in [0, 0.05) is 38.3 Å². The molecule has 4 rings (SSSR count). The van der Waals surface area contributed by atoms with Crippen molar-refractivity contribution in [3.63, 3.8) is 0 Å². The van der Waals surface area contributed by atoms with E-state index in [1.54, 1.807) is 20.8 Å². The largest absolute Gasteiger partial charge is 0.444 e. The number of benzene rings is 1. The molecule has 2 aromatic rings. The Kier molecular flexibility index (Phi) is 6.77. The maximum Gasteiger partial charge on any atom is 0.414 e. The molecule has 13 heteroatoms. The second-order valence-electron chi connectivity index (χ2n) is 9.39. The zero-order chi connectivity index (χ0) is 25.3. The van der Waals surface area contributed by atoms with Crippen molar-refractivity contribution in [2.75, 3.05) is 42.5 Å². The number of aromatic nitrogens is 3. The molecule has 2 amide bonds. The van der Waals surface area contributed by atoms with Crippen molar-refractivity contribution < 1.29 is 32.2 Å².